The SMILES string of the molecule is FC(F)(F)c1ccc(C=Cc2cccc(Sc3ccco3)c2)cc1. The Morgan fingerprint density at radius 1 is 0.833 bits per heavy atom. The maximum Gasteiger partial charge on any atom is 0.416 e. The van der Waals surface area contributed by atoms with Gasteiger partial charge < -0.3 is 4.42 Å². The van der Waals surface area contributed by atoms with E-state index in [1.54, 1.807) is 12.3 Å². The van der Waals surface area contributed by atoms with Crippen LogP contribution in [0.2, 0.25) is 0 Å². The zero-order valence-electron chi connectivity index (χ0n) is 12.5. The molecule has 0 spiro atoms. The molecule has 1 aromatic heterocycles. The summed E-state index contributed by atoms with van der Waals surface area (Å²) in [5.41, 5.74) is 1.04. The van der Waals surface area contributed by atoms with Crippen molar-refractivity contribution in [1.82, 2.24) is 0 Å². The molecule has 122 valence electrons. The molecular formula is C19H13F3OS. The third kappa shape index (κ3) is 4.32. The molecule has 2 aromatic carbocycles. The highest BCUT2D eigenvalue weighted by atomic mass is 32.2. The lowest BCUT2D eigenvalue weighted by atomic mass is 10.1. The van der Waals surface area contributed by atoms with Crippen molar-refractivity contribution < 1.29 is 17.6 Å². The van der Waals surface area contributed by atoms with Gasteiger partial charge in [-0.3, -0.25) is 0 Å². The van der Waals surface area contributed by atoms with Crippen molar-refractivity contribution in [1.29, 1.82) is 0 Å². The van der Waals surface area contributed by atoms with E-state index in [1.807, 2.05) is 42.5 Å². The van der Waals surface area contributed by atoms with Crippen LogP contribution in [0.25, 0.3) is 12.2 Å². The van der Waals surface area contributed by atoms with Crippen LogP contribution in [0.15, 0.2) is 81.3 Å². The van der Waals surface area contributed by atoms with Crippen molar-refractivity contribution >= 4 is 23.9 Å². The van der Waals surface area contributed by atoms with Gasteiger partial charge in [-0.15, -0.1) is 0 Å². The Kier molecular flexibility index (Phi) is 4.81. The molecule has 0 aliphatic heterocycles. The number of hydrogen-bond acceptors (Lipinski definition) is 2. The molecule has 0 amide bonds. The second kappa shape index (κ2) is 7.01. The van der Waals surface area contributed by atoms with Gasteiger partial charge in [0.1, 0.15) is 0 Å². The van der Waals surface area contributed by atoms with Crippen LogP contribution in [0, 0.1) is 0 Å². The third-order valence-electron chi connectivity index (χ3n) is 3.28. The molecule has 0 aliphatic rings. The second-order valence-corrected chi connectivity index (χ2v) is 6.14. The van der Waals surface area contributed by atoms with E-state index in [2.05, 4.69) is 0 Å². The van der Waals surface area contributed by atoms with Gasteiger partial charge in [-0.2, -0.15) is 13.2 Å². The molecule has 0 radical (unpaired) electrons. The van der Waals surface area contributed by atoms with Gasteiger partial charge in [0, 0.05) is 4.90 Å². The average molecular weight is 346 g/mol. The molecule has 3 rings (SSSR count). The van der Waals surface area contributed by atoms with E-state index < -0.39 is 11.7 Å². The molecule has 1 nitrogen and oxygen atoms in total. The first-order chi connectivity index (χ1) is 11.5. The fraction of sp³-hybridized carbons (Fsp3) is 0.0526. The number of benzene rings is 2. The highest BCUT2D eigenvalue weighted by Gasteiger charge is 2.29. The summed E-state index contributed by atoms with van der Waals surface area (Å²) >= 11 is 1.51. The number of halogens is 3. The highest BCUT2D eigenvalue weighted by Crippen LogP contribution is 2.30. The first-order valence-corrected chi connectivity index (χ1v) is 7.99. The van der Waals surface area contributed by atoms with E-state index in [0.717, 1.165) is 27.7 Å². The monoisotopic (exact) mass is 346 g/mol. The third-order valence-corrected chi connectivity index (χ3v) is 4.20. The van der Waals surface area contributed by atoms with E-state index in [-0.39, 0.29) is 0 Å². The summed E-state index contributed by atoms with van der Waals surface area (Å²) in [7, 11) is 0. The van der Waals surface area contributed by atoms with Crippen molar-refractivity contribution in [3.63, 3.8) is 0 Å². The minimum absolute atomic E-state index is 0.642. The van der Waals surface area contributed by atoms with Crippen molar-refractivity contribution in [3.8, 4) is 0 Å². The summed E-state index contributed by atoms with van der Waals surface area (Å²) in [5.74, 6) is 0. The second-order valence-electron chi connectivity index (χ2n) is 5.06. The van der Waals surface area contributed by atoms with Crippen LogP contribution < -0.4 is 0 Å². The normalized spacial score (nSPS) is 12.0. The fourth-order valence-electron chi connectivity index (χ4n) is 2.10. The standard InChI is InChI=1S/C19H13F3OS/c20-19(21,22)16-10-8-14(9-11-16)6-7-15-3-1-4-17(13-15)24-18-5-2-12-23-18/h1-13H. The van der Waals surface area contributed by atoms with Crippen LogP contribution in [0.5, 0.6) is 0 Å². The van der Waals surface area contributed by atoms with Gasteiger partial charge in [0.05, 0.1) is 11.8 Å². The molecule has 0 bridgehead atoms. The van der Waals surface area contributed by atoms with Crippen molar-refractivity contribution in [2.75, 3.05) is 0 Å². The maximum atomic E-state index is 12.5. The number of hydrogen-bond donors (Lipinski definition) is 0. The molecule has 0 fully saturated rings. The van der Waals surface area contributed by atoms with Gasteiger partial charge in [0.2, 0.25) is 0 Å². The Morgan fingerprint density at radius 3 is 2.25 bits per heavy atom. The summed E-state index contributed by atoms with van der Waals surface area (Å²) in [4.78, 5) is 1.03. The van der Waals surface area contributed by atoms with Crippen LogP contribution in [0.3, 0.4) is 0 Å². The molecule has 0 atom stereocenters. The molecule has 0 aliphatic carbocycles. The van der Waals surface area contributed by atoms with Gasteiger partial charge in [-0.25, -0.2) is 0 Å². The van der Waals surface area contributed by atoms with E-state index in [1.165, 1.54) is 23.9 Å². The largest absolute Gasteiger partial charge is 0.458 e. The van der Waals surface area contributed by atoms with E-state index in [4.69, 9.17) is 4.42 Å². The molecule has 24 heavy (non-hydrogen) atoms. The predicted octanol–water partition coefficient (Wildman–Crippen LogP) is 6.62. The molecule has 0 N–H and O–H groups in total. The van der Waals surface area contributed by atoms with E-state index in [0.29, 0.717) is 5.56 Å². The minimum atomic E-state index is -4.31. The zero-order valence-corrected chi connectivity index (χ0v) is 13.3. The van der Waals surface area contributed by atoms with Crippen LogP contribution in [0.4, 0.5) is 13.2 Å². The van der Waals surface area contributed by atoms with Gasteiger partial charge in [0.15, 0.2) is 5.09 Å². The maximum absolute atomic E-state index is 12.5. The van der Waals surface area contributed by atoms with Crippen LogP contribution in [-0.2, 0) is 6.18 Å². The topological polar surface area (TPSA) is 13.1 Å². The van der Waals surface area contributed by atoms with E-state index >= 15 is 0 Å². The predicted molar refractivity (Wildman–Crippen MR) is 89.6 cm³/mol. The lowest BCUT2D eigenvalue weighted by Gasteiger charge is -2.06. The molecule has 1 heterocycles. The van der Waals surface area contributed by atoms with E-state index in [9.17, 15) is 13.2 Å². The number of alkyl halides is 3. The Labute approximate surface area is 141 Å². The summed E-state index contributed by atoms with van der Waals surface area (Å²) < 4.78 is 42.9. The van der Waals surface area contributed by atoms with Crippen LogP contribution in [-0.4, -0.2) is 0 Å². The van der Waals surface area contributed by atoms with Gasteiger partial charge in [0.25, 0.3) is 0 Å². The summed E-state index contributed by atoms with van der Waals surface area (Å²) in [5, 5.41) is 0.805. The lowest BCUT2D eigenvalue weighted by molar-refractivity contribution is -0.137. The first kappa shape index (κ1) is 16.5. The Morgan fingerprint density at radius 2 is 1.58 bits per heavy atom. The van der Waals surface area contributed by atoms with Crippen molar-refractivity contribution in [3.05, 3.63) is 83.6 Å². The Bertz CT molecular complexity index is 819. The van der Waals surface area contributed by atoms with Gasteiger partial charge in [-0.1, -0.05) is 48.2 Å². The van der Waals surface area contributed by atoms with Crippen LogP contribution >= 0.6 is 11.8 Å². The molecule has 3 aromatic rings. The quantitative estimate of drug-likeness (QED) is 0.492. The molecular weight excluding hydrogens is 333 g/mol. The fourth-order valence-corrected chi connectivity index (χ4v) is 2.92. The number of rotatable bonds is 4. The average Bonchev–Trinajstić information content (AvgIpc) is 3.06. The van der Waals surface area contributed by atoms with Gasteiger partial charge in [-0.05, 0) is 47.5 Å². The van der Waals surface area contributed by atoms with Gasteiger partial charge >= 0.3 is 6.18 Å². The smallest absolute Gasteiger partial charge is 0.416 e. The summed E-state index contributed by atoms with van der Waals surface area (Å²) in [6.07, 6.45) is 0.974. The summed E-state index contributed by atoms with van der Waals surface area (Å²) in [6.45, 7) is 0. The number of furan rings is 1. The Balaban J connectivity index is 1.72. The highest BCUT2D eigenvalue weighted by molar-refractivity contribution is 7.99. The van der Waals surface area contributed by atoms with Crippen LogP contribution in [0.1, 0.15) is 16.7 Å². The molecule has 0 saturated heterocycles. The lowest BCUT2D eigenvalue weighted by Crippen LogP contribution is -2.03. The minimum Gasteiger partial charge on any atom is -0.458 e. The molecule has 0 unspecified atom stereocenters. The zero-order chi connectivity index (χ0) is 17.0. The molecule has 0 saturated carbocycles. The van der Waals surface area contributed by atoms with Crippen molar-refractivity contribution in [2.45, 2.75) is 16.2 Å². The first-order valence-electron chi connectivity index (χ1n) is 7.17. The summed E-state index contributed by atoms with van der Waals surface area (Å²) in [6, 6.07) is 16.6. The Hall–Kier alpha value is -2.40. The van der Waals surface area contributed by atoms with Crippen molar-refractivity contribution in [2.24, 2.45) is 0 Å². The molecule has 5 heteroatoms.